The molecule has 1 atom stereocenters. The highest BCUT2D eigenvalue weighted by Gasteiger charge is 2.19. The molecule has 19 heavy (non-hydrogen) atoms. The second-order valence-electron chi connectivity index (χ2n) is 4.04. The van der Waals surface area contributed by atoms with Crippen molar-refractivity contribution in [2.45, 2.75) is 18.9 Å². The Morgan fingerprint density at radius 3 is 2.79 bits per heavy atom. The van der Waals surface area contributed by atoms with Gasteiger partial charge < -0.3 is 15.2 Å². The highest BCUT2D eigenvalue weighted by Crippen LogP contribution is 2.12. The zero-order valence-corrected chi connectivity index (χ0v) is 12.1. The average Bonchev–Trinajstić information content (AvgIpc) is 2.36. The minimum Gasteiger partial charge on any atom is -0.480 e. The number of carboxylic acid groups (broad SMARTS) is 1. The molecular weight excluding hydrogens is 314 g/mol. The van der Waals surface area contributed by atoms with Crippen molar-refractivity contribution in [2.24, 2.45) is 0 Å². The van der Waals surface area contributed by atoms with Gasteiger partial charge in [-0.15, -0.1) is 0 Å². The van der Waals surface area contributed by atoms with Crippen LogP contribution >= 0.6 is 15.9 Å². The predicted octanol–water partition coefficient (Wildman–Crippen LogP) is 1.60. The summed E-state index contributed by atoms with van der Waals surface area (Å²) in [6.07, 6.45) is 0.800. The van der Waals surface area contributed by atoms with Crippen molar-refractivity contribution in [3.05, 3.63) is 34.3 Å². The van der Waals surface area contributed by atoms with E-state index in [1.807, 2.05) is 24.3 Å². The largest absolute Gasteiger partial charge is 0.480 e. The molecule has 5 nitrogen and oxygen atoms in total. The molecule has 1 amide bonds. The van der Waals surface area contributed by atoms with Crippen LogP contribution in [0.2, 0.25) is 0 Å². The molecule has 0 aliphatic rings. The summed E-state index contributed by atoms with van der Waals surface area (Å²) in [6, 6.07) is 6.64. The topological polar surface area (TPSA) is 75.6 Å². The number of halogens is 1. The number of hydrogen-bond donors (Lipinski definition) is 2. The van der Waals surface area contributed by atoms with E-state index in [1.165, 1.54) is 7.11 Å². The van der Waals surface area contributed by atoms with Crippen molar-refractivity contribution in [1.82, 2.24) is 5.32 Å². The summed E-state index contributed by atoms with van der Waals surface area (Å²) in [7, 11) is 1.39. The first-order valence-electron chi connectivity index (χ1n) is 5.78. The number of aryl methyl sites for hydroxylation is 1. The van der Waals surface area contributed by atoms with Crippen LogP contribution in [0.3, 0.4) is 0 Å². The Morgan fingerprint density at radius 1 is 1.47 bits per heavy atom. The number of nitrogens with one attached hydrogen (secondary N) is 1. The van der Waals surface area contributed by atoms with Crippen LogP contribution < -0.4 is 5.32 Å². The number of ether oxygens (including phenoxy) is 1. The zero-order chi connectivity index (χ0) is 14.3. The minimum atomic E-state index is -1.10. The molecule has 0 saturated carbocycles. The standard InChI is InChI=1S/C13H16BrNO4/c1-19-8-11(13(17)18)15-12(16)6-5-9-3-2-4-10(14)7-9/h2-4,7,11H,5-6,8H2,1H3,(H,15,16)(H,17,18). The third-order valence-corrected chi connectivity index (χ3v) is 2.99. The van der Waals surface area contributed by atoms with Gasteiger partial charge in [0.1, 0.15) is 0 Å². The molecule has 0 spiro atoms. The van der Waals surface area contributed by atoms with Crippen LogP contribution in [0.5, 0.6) is 0 Å². The molecule has 1 aromatic rings. The Morgan fingerprint density at radius 2 is 2.21 bits per heavy atom. The molecular formula is C13H16BrNO4. The summed E-state index contributed by atoms with van der Waals surface area (Å²) in [5.74, 6) is -1.40. The molecule has 1 unspecified atom stereocenters. The smallest absolute Gasteiger partial charge is 0.328 e. The highest BCUT2D eigenvalue weighted by atomic mass is 79.9. The molecule has 104 valence electrons. The van der Waals surface area contributed by atoms with Gasteiger partial charge in [-0.2, -0.15) is 0 Å². The molecule has 1 aromatic carbocycles. The Balaban J connectivity index is 2.44. The van der Waals surface area contributed by atoms with Gasteiger partial charge >= 0.3 is 5.97 Å². The molecule has 2 N–H and O–H groups in total. The summed E-state index contributed by atoms with van der Waals surface area (Å²) >= 11 is 3.35. The summed E-state index contributed by atoms with van der Waals surface area (Å²) in [5, 5.41) is 11.3. The molecule has 0 saturated heterocycles. The molecule has 0 radical (unpaired) electrons. The minimum absolute atomic E-state index is 0.0437. The molecule has 0 heterocycles. The quantitative estimate of drug-likeness (QED) is 0.796. The Labute approximate surface area is 120 Å². The predicted molar refractivity (Wildman–Crippen MR) is 73.9 cm³/mol. The van der Waals surface area contributed by atoms with Crippen LogP contribution in [0.25, 0.3) is 0 Å². The lowest BCUT2D eigenvalue weighted by Crippen LogP contribution is -2.43. The zero-order valence-electron chi connectivity index (χ0n) is 10.6. The van der Waals surface area contributed by atoms with Crippen molar-refractivity contribution in [1.29, 1.82) is 0 Å². The van der Waals surface area contributed by atoms with E-state index in [9.17, 15) is 9.59 Å². The lowest BCUT2D eigenvalue weighted by molar-refractivity contribution is -0.143. The molecule has 0 aliphatic carbocycles. The number of carbonyl (C=O) groups excluding carboxylic acids is 1. The summed E-state index contributed by atoms with van der Waals surface area (Å²) < 4.78 is 5.69. The maximum absolute atomic E-state index is 11.6. The van der Waals surface area contributed by atoms with Crippen molar-refractivity contribution in [2.75, 3.05) is 13.7 Å². The van der Waals surface area contributed by atoms with E-state index in [4.69, 9.17) is 9.84 Å². The SMILES string of the molecule is COCC(NC(=O)CCc1cccc(Br)c1)C(=O)O. The van der Waals surface area contributed by atoms with Gasteiger partial charge in [-0.25, -0.2) is 4.79 Å². The Hall–Kier alpha value is -1.40. The molecule has 6 heteroatoms. The van der Waals surface area contributed by atoms with Crippen LogP contribution in [0.15, 0.2) is 28.7 Å². The van der Waals surface area contributed by atoms with Crippen molar-refractivity contribution < 1.29 is 19.4 Å². The lowest BCUT2D eigenvalue weighted by Gasteiger charge is -2.13. The Kier molecular flexibility index (Phi) is 6.52. The summed E-state index contributed by atoms with van der Waals surface area (Å²) in [4.78, 5) is 22.5. The average molecular weight is 330 g/mol. The first kappa shape index (κ1) is 15.7. The second-order valence-corrected chi connectivity index (χ2v) is 4.96. The molecule has 0 aromatic heterocycles. The van der Waals surface area contributed by atoms with E-state index >= 15 is 0 Å². The fourth-order valence-electron chi connectivity index (χ4n) is 1.56. The van der Waals surface area contributed by atoms with Crippen LogP contribution in [-0.4, -0.2) is 36.7 Å². The van der Waals surface area contributed by atoms with Gasteiger partial charge in [0.2, 0.25) is 5.91 Å². The van der Waals surface area contributed by atoms with Crippen LogP contribution in [-0.2, 0) is 20.7 Å². The van der Waals surface area contributed by atoms with E-state index in [0.29, 0.717) is 6.42 Å². The number of amides is 1. The van der Waals surface area contributed by atoms with E-state index < -0.39 is 12.0 Å². The van der Waals surface area contributed by atoms with E-state index in [2.05, 4.69) is 21.2 Å². The van der Waals surface area contributed by atoms with Gasteiger partial charge in [0, 0.05) is 18.0 Å². The van der Waals surface area contributed by atoms with Gasteiger partial charge in [-0.1, -0.05) is 28.1 Å². The number of aliphatic carboxylic acids is 1. The third kappa shape index (κ3) is 5.85. The third-order valence-electron chi connectivity index (χ3n) is 2.50. The van der Waals surface area contributed by atoms with Crippen molar-refractivity contribution >= 4 is 27.8 Å². The van der Waals surface area contributed by atoms with E-state index in [-0.39, 0.29) is 18.9 Å². The number of carboxylic acids is 1. The van der Waals surface area contributed by atoms with Crippen molar-refractivity contribution in [3.8, 4) is 0 Å². The summed E-state index contributed by atoms with van der Waals surface area (Å²) in [5.41, 5.74) is 1.02. The highest BCUT2D eigenvalue weighted by molar-refractivity contribution is 9.10. The summed E-state index contributed by atoms with van der Waals surface area (Å²) in [6.45, 7) is -0.0437. The molecule has 0 aliphatic heterocycles. The van der Waals surface area contributed by atoms with E-state index in [0.717, 1.165) is 10.0 Å². The number of methoxy groups -OCH3 is 1. The van der Waals surface area contributed by atoms with Crippen LogP contribution in [0.4, 0.5) is 0 Å². The monoisotopic (exact) mass is 329 g/mol. The second kappa shape index (κ2) is 7.91. The fourth-order valence-corrected chi connectivity index (χ4v) is 2.00. The number of hydrogen-bond acceptors (Lipinski definition) is 3. The normalized spacial score (nSPS) is 11.9. The van der Waals surface area contributed by atoms with Crippen molar-refractivity contribution in [3.63, 3.8) is 0 Å². The van der Waals surface area contributed by atoms with Gasteiger partial charge in [0.25, 0.3) is 0 Å². The molecule has 1 rings (SSSR count). The number of carbonyl (C=O) groups is 2. The van der Waals surface area contributed by atoms with Gasteiger partial charge in [0.15, 0.2) is 6.04 Å². The van der Waals surface area contributed by atoms with Crippen LogP contribution in [0, 0.1) is 0 Å². The lowest BCUT2D eigenvalue weighted by atomic mass is 10.1. The number of rotatable bonds is 7. The molecule has 0 bridgehead atoms. The molecule has 0 fully saturated rings. The van der Waals surface area contributed by atoms with Gasteiger partial charge in [0.05, 0.1) is 6.61 Å². The maximum Gasteiger partial charge on any atom is 0.328 e. The van der Waals surface area contributed by atoms with Gasteiger partial charge in [-0.05, 0) is 24.1 Å². The van der Waals surface area contributed by atoms with E-state index in [1.54, 1.807) is 0 Å². The maximum atomic E-state index is 11.6. The first-order valence-corrected chi connectivity index (χ1v) is 6.57. The first-order chi connectivity index (χ1) is 9.02. The van der Waals surface area contributed by atoms with Gasteiger partial charge in [-0.3, -0.25) is 4.79 Å². The van der Waals surface area contributed by atoms with Crippen LogP contribution in [0.1, 0.15) is 12.0 Å². The number of benzene rings is 1. The fraction of sp³-hybridized carbons (Fsp3) is 0.385. The Bertz CT molecular complexity index is 450.